The Balaban J connectivity index is 1.28. The number of piperazine rings is 1. The van der Waals surface area contributed by atoms with Crippen molar-refractivity contribution in [2.75, 3.05) is 37.6 Å². The number of rotatable bonds is 5. The standard InChI is InChI=1S/C30H31N5O2/c31-21-26-24-13-7-8-14-25(24)27(23-11-5-2-6-12-23)33-28(26)34-17-19-35(20-18-34)30(37)29(36)32-16-15-22-9-3-1-4-10-22/h1-6,9-12H,7-8,13-20H2,(H,32,36). The Morgan fingerprint density at radius 2 is 1.54 bits per heavy atom. The van der Waals surface area contributed by atoms with Gasteiger partial charge in [0.2, 0.25) is 0 Å². The summed E-state index contributed by atoms with van der Waals surface area (Å²) in [5.41, 5.74) is 6.11. The Kier molecular flexibility index (Phi) is 7.46. The Morgan fingerprint density at radius 1 is 0.892 bits per heavy atom. The fraction of sp³-hybridized carbons (Fsp3) is 0.333. The van der Waals surface area contributed by atoms with Gasteiger partial charge in [-0.25, -0.2) is 4.98 Å². The first-order valence-corrected chi connectivity index (χ1v) is 13.0. The first kappa shape index (κ1) is 24.5. The van der Waals surface area contributed by atoms with E-state index in [-0.39, 0.29) is 0 Å². The Hall–Kier alpha value is -4.18. The molecule has 2 heterocycles. The van der Waals surface area contributed by atoms with Gasteiger partial charge in [-0.15, -0.1) is 0 Å². The minimum absolute atomic E-state index is 0.412. The van der Waals surface area contributed by atoms with E-state index in [9.17, 15) is 14.9 Å². The van der Waals surface area contributed by atoms with Crippen molar-refractivity contribution < 1.29 is 9.59 Å². The van der Waals surface area contributed by atoms with Crippen molar-refractivity contribution in [2.24, 2.45) is 0 Å². The third-order valence-corrected chi connectivity index (χ3v) is 7.26. The van der Waals surface area contributed by atoms with E-state index in [1.165, 1.54) is 5.56 Å². The molecule has 188 valence electrons. The second-order valence-electron chi connectivity index (χ2n) is 9.57. The second-order valence-corrected chi connectivity index (χ2v) is 9.57. The molecule has 5 rings (SSSR count). The molecular weight excluding hydrogens is 462 g/mol. The molecule has 2 amide bonds. The second kappa shape index (κ2) is 11.3. The zero-order chi connectivity index (χ0) is 25.6. The maximum absolute atomic E-state index is 12.8. The summed E-state index contributed by atoms with van der Waals surface area (Å²) in [6, 6.07) is 22.5. The topological polar surface area (TPSA) is 89.3 Å². The Morgan fingerprint density at radius 3 is 2.22 bits per heavy atom. The van der Waals surface area contributed by atoms with Crippen LogP contribution >= 0.6 is 0 Å². The van der Waals surface area contributed by atoms with Crippen LogP contribution in [0.5, 0.6) is 0 Å². The van der Waals surface area contributed by atoms with Crippen molar-refractivity contribution in [1.29, 1.82) is 5.26 Å². The van der Waals surface area contributed by atoms with Crippen molar-refractivity contribution in [2.45, 2.75) is 32.1 Å². The van der Waals surface area contributed by atoms with Crippen LogP contribution in [0.15, 0.2) is 60.7 Å². The summed E-state index contributed by atoms with van der Waals surface area (Å²) >= 11 is 0. The lowest BCUT2D eigenvalue weighted by Crippen LogP contribution is -2.53. The fourth-order valence-corrected chi connectivity index (χ4v) is 5.29. The van der Waals surface area contributed by atoms with Gasteiger partial charge in [-0.1, -0.05) is 60.7 Å². The van der Waals surface area contributed by atoms with Gasteiger partial charge in [-0.3, -0.25) is 9.59 Å². The predicted molar refractivity (Wildman–Crippen MR) is 143 cm³/mol. The van der Waals surface area contributed by atoms with E-state index in [0.717, 1.165) is 48.1 Å². The molecule has 2 aromatic carbocycles. The molecule has 0 unspecified atom stereocenters. The van der Waals surface area contributed by atoms with E-state index in [1.807, 2.05) is 48.5 Å². The highest BCUT2D eigenvalue weighted by Crippen LogP contribution is 2.36. The zero-order valence-corrected chi connectivity index (χ0v) is 20.9. The number of nitrogens with one attached hydrogen (secondary N) is 1. The number of carbonyl (C=O) groups excluding carboxylic acids is 2. The number of fused-ring (bicyclic) bond motifs is 1. The number of aromatic nitrogens is 1. The molecule has 1 saturated heterocycles. The molecule has 37 heavy (non-hydrogen) atoms. The van der Waals surface area contributed by atoms with Gasteiger partial charge in [0.25, 0.3) is 0 Å². The third kappa shape index (κ3) is 5.34. The molecule has 0 radical (unpaired) electrons. The van der Waals surface area contributed by atoms with Gasteiger partial charge >= 0.3 is 11.8 Å². The van der Waals surface area contributed by atoms with Crippen LogP contribution in [0.3, 0.4) is 0 Å². The third-order valence-electron chi connectivity index (χ3n) is 7.26. The number of benzene rings is 2. The summed E-state index contributed by atoms with van der Waals surface area (Å²) in [6.45, 7) is 2.29. The first-order chi connectivity index (χ1) is 18.2. The lowest BCUT2D eigenvalue weighted by molar-refractivity contribution is -0.146. The van der Waals surface area contributed by atoms with E-state index in [4.69, 9.17) is 4.98 Å². The number of pyridine rings is 1. The van der Waals surface area contributed by atoms with Crippen LogP contribution in [-0.4, -0.2) is 54.4 Å². The number of amides is 2. The molecule has 1 aliphatic heterocycles. The molecule has 1 fully saturated rings. The van der Waals surface area contributed by atoms with Crippen LogP contribution in [0, 0.1) is 11.3 Å². The highest BCUT2D eigenvalue weighted by molar-refractivity contribution is 6.35. The van der Waals surface area contributed by atoms with Crippen LogP contribution in [0.1, 0.15) is 35.1 Å². The van der Waals surface area contributed by atoms with Gasteiger partial charge in [-0.2, -0.15) is 5.26 Å². The van der Waals surface area contributed by atoms with Crippen molar-refractivity contribution in [3.63, 3.8) is 0 Å². The van der Waals surface area contributed by atoms with Gasteiger partial charge in [0.1, 0.15) is 11.9 Å². The summed E-state index contributed by atoms with van der Waals surface area (Å²) in [7, 11) is 0. The molecule has 0 spiro atoms. The number of hydrogen-bond acceptors (Lipinski definition) is 5. The number of carbonyl (C=O) groups is 2. The van der Waals surface area contributed by atoms with Crippen molar-refractivity contribution in [1.82, 2.24) is 15.2 Å². The Labute approximate surface area is 217 Å². The molecule has 0 bridgehead atoms. The average Bonchev–Trinajstić information content (AvgIpc) is 2.97. The molecule has 7 nitrogen and oxygen atoms in total. The number of hydrogen-bond donors (Lipinski definition) is 1. The van der Waals surface area contributed by atoms with Crippen LogP contribution in [0.25, 0.3) is 11.3 Å². The van der Waals surface area contributed by atoms with Crippen molar-refractivity contribution >= 4 is 17.6 Å². The van der Waals surface area contributed by atoms with Gasteiger partial charge in [-0.05, 0) is 48.8 Å². The maximum Gasteiger partial charge on any atom is 0.312 e. The molecule has 0 saturated carbocycles. The minimum atomic E-state index is -0.569. The molecule has 1 aromatic heterocycles. The molecule has 0 atom stereocenters. The van der Waals surface area contributed by atoms with Crippen LogP contribution < -0.4 is 10.2 Å². The number of anilines is 1. The lowest BCUT2D eigenvalue weighted by atomic mass is 9.86. The molecular formula is C30H31N5O2. The van der Waals surface area contributed by atoms with E-state index in [0.29, 0.717) is 50.5 Å². The first-order valence-electron chi connectivity index (χ1n) is 13.0. The summed E-state index contributed by atoms with van der Waals surface area (Å²) in [5, 5.41) is 12.9. The Bertz CT molecular complexity index is 1310. The number of nitriles is 1. The van der Waals surface area contributed by atoms with E-state index in [1.54, 1.807) is 4.90 Å². The molecule has 1 aliphatic carbocycles. The van der Waals surface area contributed by atoms with Crippen LogP contribution in [0.4, 0.5) is 5.82 Å². The van der Waals surface area contributed by atoms with Crippen molar-refractivity contribution in [3.05, 3.63) is 82.9 Å². The quantitative estimate of drug-likeness (QED) is 0.550. The summed E-state index contributed by atoms with van der Waals surface area (Å²) in [5.74, 6) is -0.377. The summed E-state index contributed by atoms with van der Waals surface area (Å²) < 4.78 is 0. The highest BCUT2D eigenvalue weighted by atomic mass is 16.2. The highest BCUT2D eigenvalue weighted by Gasteiger charge is 2.30. The average molecular weight is 494 g/mol. The lowest BCUT2D eigenvalue weighted by Gasteiger charge is -2.36. The van der Waals surface area contributed by atoms with Gasteiger partial charge in [0.15, 0.2) is 0 Å². The smallest absolute Gasteiger partial charge is 0.312 e. The molecule has 2 aliphatic rings. The molecule has 1 N–H and O–H groups in total. The van der Waals surface area contributed by atoms with Gasteiger partial charge in [0, 0.05) is 38.3 Å². The van der Waals surface area contributed by atoms with Crippen LogP contribution in [-0.2, 0) is 28.9 Å². The summed E-state index contributed by atoms with van der Waals surface area (Å²) in [4.78, 5) is 34.0. The normalized spacial score (nSPS) is 15.0. The van der Waals surface area contributed by atoms with Gasteiger partial charge in [0.05, 0.1) is 11.3 Å². The van der Waals surface area contributed by atoms with Gasteiger partial charge < -0.3 is 15.1 Å². The minimum Gasteiger partial charge on any atom is -0.352 e. The maximum atomic E-state index is 12.8. The largest absolute Gasteiger partial charge is 0.352 e. The fourth-order valence-electron chi connectivity index (χ4n) is 5.29. The zero-order valence-electron chi connectivity index (χ0n) is 20.9. The predicted octanol–water partition coefficient (Wildman–Crippen LogP) is 3.51. The summed E-state index contributed by atoms with van der Waals surface area (Å²) in [6.07, 6.45) is 4.67. The molecule has 3 aromatic rings. The van der Waals surface area contributed by atoms with Crippen LogP contribution in [0.2, 0.25) is 0 Å². The SMILES string of the molecule is N#Cc1c(N2CCN(C(=O)C(=O)NCCc3ccccc3)CC2)nc(-c2ccccc2)c2c1CCCC2. The van der Waals surface area contributed by atoms with Crippen molar-refractivity contribution in [3.8, 4) is 17.3 Å². The van der Waals surface area contributed by atoms with E-state index >= 15 is 0 Å². The van der Waals surface area contributed by atoms with E-state index < -0.39 is 11.8 Å². The monoisotopic (exact) mass is 493 g/mol. The number of nitrogens with zero attached hydrogens (tertiary/aromatic N) is 4. The van der Waals surface area contributed by atoms with E-state index in [2.05, 4.69) is 28.4 Å². The molecule has 7 heteroatoms.